The lowest BCUT2D eigenvalue weighted by Crippen LogP contribution is -2.57. The molecule has 0 rings (SSSR count). The van der Waals surface area contributed by atoms with E-state index < -0.39 is 29.2 Å². The third-order valence-electron chi connectivity index (χ3n) is 1.65. The van der Waals surface area contributed by atoms with Crippen LogP contribution in [0.5, 0.6) is 0 Å². The summed E-state index contributed by atoms with van der Waals surface area (Å²) in [6, 6.07) is -1.19. The van der Waals surface area contributed by atoms with Crippen molar-refractivity contribution in [2.24, 2.45) is 5.73 Å². The molecule has 16 heavy (non-hydrogen) atoms. The predicted octanol–water partition coefficient (Wildman–Crippen LogP) is 0.136. The molecule has 4 N–H and O–H groups in total. The minimum atomic E-state index is -1.44. The Kier molecular flexibility index (Phi) is 4.31. The van der Waals surface area contributed by atoms with Gasteiger partial charge in [-0.3, -0.25) is 4.79 Å². The molecule has 0 saturated heterocycles. The Balaban J connectivity index is 4.56. The van der Waals surface area contributed by atoms with E-state index >= 15 is 0 Å². The smallest absolute Gasteiger partial charge is 0.408 e. The first kappa shape index (κ1) is 14.7. The topological polar surface area (TPSA) is 102 Å². The van der Waals surface area contributed by atoms with Crippen LogP contribution < -0.4 is 11.1 Å². The number of hydrogen-bond donors (Lipinski definition) is 3. The number of nitrogens with one attached hydrogen (secondary N) is 1. The largest absolute Gasteiger partial charge is 0.444 e. The lowest BCUT2D eigenvalue weighted by atomic mass is 9.99. The van der Waals surface area contributed by atoms with Crippen LogP contribution in [0.25, 0.3) is 0 Å². The second-order valence-electron chi connectivity index (χ2n) is 5.14. The molecule has 0 aliphatic heterocycles. The highest BCUT2D eigenvalue weighted by atomic mass is 16.6. The number of hydrogen-bond acceptors (Lipinski definition) is 4. The molecule has 6 nitrogen and oxygen atoms in total. The van der Waals surface area contributed by atoms with Crippen LogP contribution in [0.4, 0.5) is 4.79 Å². The summed E-state index contributed by atoms with van der Waals surface area (Å²) in [5, 5.41) is 11.9. The van der Waals surface area contributed by atoms with Crippen LogP contribution in [0, 0.1) is 0 Å². The highest BCUT2D eigenvalue weighted by Gasteiger charge is 2.34. The van der Waals surface area contributed by atoms with E-state index in [4.69, 9.17) is 10.5 Å². The van der Waals surface area contributed by atoms with Gasteiger partial charge in [-0.1, -0.05) is 0 Å². The highest BCUT2D eigenvalue weighted by molar-refractivity contribution is 5.85. The lowest BCUT2D eigenvalue weighted by molar-refractivity contribution is -0.125. The summed E-state index contributed by atoms with van der Waals surface area (Å²) >= 11 is 0. The number of aliphatic hydroxyl groups is 1. The van der Waals surface area contributed by atoms with E-state index in [-0.39, 0.29) is 0 Å². The van der Waals surface area contributed by atoms with Crippen molar-refractivity contribution in [1.29, 1.82) is 0 Å². The molecule has 0 bridgehead atoms. The molecule has 1 atom stereocenters. The molecule has 0 radical (unpaired) electrons. The number of nitrogens with two attached hydrogens (primary N) is 1. The number of carbonyl (C=O) groups is 2. The fourth-order valence-electron chi connectivity index (χ4n) is 1.02. The maximum atomic E-state index is 11.4. The Bertz CT molecular complexity index is 276. The summed E-state index contributed by atoms with van der Waals surface area (Å²) in [4.78, 5) is 22.4. The molecule has 0 heterocycles. The van der Waals surface area contributed by atoms with Crippen molar-refractivity contribution in [2.45, 2.75) is 51.9 Å². The van der Waals surface area contributed by atoms with Crippen LogP contribution in [-0.4, -0.2) is 34.4 Å². The third-order valence-corrected chi connectivity index (χ3v) is 1.65. The lowest BCUT2D eigenvalue weighted by Gasteiger charge is -2.28. The van der Waals surface area contributed by atoms with Crippen LogP contribution >= 0.6 is 0 Å². The average molecular weight is 232 g/mol. The van der Waals surface area contributed by atoms with E-state index in [0.29, 0.717) is 0 Å². The first-order valence-electron chi connectivity index (χ1n) is 4.94. The quantitative estimate of drug-likeness (QED) is 0.644. The van der Waals surface area contributed by atoms with Gasteiger partial charge in [0.1, 0.15) is 11.6 Å². The van der Waals surface area contributed by atoms with Crippen molar-refractivity contribution in [3.63, 3.8) is 0 Å². The van der Waals surface area contributed by atoms with Crippen LogP contribution in [0.2, 0.25) is 0 Å². The summed E-state index contributed by atoms with van der Waals surface area (Å²) in [6.07, 6.45) is -0.793. The zero-order valence-corrected chi connectivity index (χ0v) is 10.3. The Morgan fingerprint density at radius 2 is 1.69 bits per heavy atom. The Hall–Kier alpha value is -1.30. The summed E-state index contributed by atoms with van der Waals surface area (Å²) in [5.74, 6) is -0.821. The summed E-state index contributed by atoms with van der Waals surface area (Å²) < 4.78 is 4.94. The molecular formula is C10H20N2O4. The molecule has 0 unspecified atom stereocenters. The number of ether oxygens (including phenoxy) is 1. The predicted molar refractivity (Wildman–Crippen MR) is 58.6 cm³/mol. The Morgan fingerprint density at radius 3 is 1.94 bits per heavy atom. The number of rotatable bonds is 3. The molecule has 0 aromatic heterocycles. The van der Waals surface area contributed by atoms with Crippen molar-refractivity contribution in [1.82, 2.24) is 5.32 Å². The van der Waals surface area contributed by atoms with Gasteiger partial charge in [0.15, 0.2) is 0 Å². The number of primary amides is 1. The van der Waals surface area contributed by atoms with E-state index in [0.717, 1.165) is 0 Å². The van der Waals surface area contributed by atoms with Gasteiger partial charge in [0.05, 0.1) is 5.60 Å². The fourth-order valence-corrected chi connectivity index (χ4v) is 1.02. The minimum absolute atomic E-state index is 0.675. The molecule has 0 spiro atoms. The van der Waals surface area contributed by atoms with Crippen molar-refractivity contribution in [2.75, 3.05) is 0 Å². The van der Waals surface area contributed by atoms with Crippen molar-refractivity contribution in [3.05, 3.63) is 0 Å². The molecule has 6 heteroatoms. The van der Waals surface area contributed by atoms with E-state index in [2.05, 4.69) is 5.32 Å². The normalized spacial score (nSPS) is 14.1. The van der Waals surface area contributed by atoms with Crippen LogP contribution in [0.3, 0.4) is 0 Å². The second-order valence-corrected chi connectivity index (χ2v) is 5.14. The van der Waals surface area contributed by atoms with E-state index in [1.807, 2.05) is 0 Å². The third kappa shape index (κ3) is 5.55. The minimum Gasteiger partial charge on any atom is -0.444 e. The Labute approximate surface area is 95.1 Å². The van der Waals surface area contributed by atoms with Gasteiger partial charge in [-0.2, -0.15) is 0 Å². The van der Waals surface area contributed by atoms with Gasteiger partial charge < -0.3 is 20.9 Å². The van der Waals surface area contributed by atoms with E-state index in [1.165, 1.54) is 13.8 Å². The molecule has 94 valence electrons. The molecule has 0 aromatic carbocycles. The van der Waals surface area contributed by atoms with Gasteiger partial charge in [-0.15, -0.1) is 0 Å². The maximum absolute atomic E-state index is 11.4. The summed E-state index contributed by atoms with van der Waals surface area (Å²) in [7, 11) is 0. The SMILES string of the molecule is CC(C)(C)OC(=O)N[C@@H](C(N)=O)C(C)(C)O. The zero-order valence-electron chi connectivity index (χ0n) is 10.3. The van der Waals surface area contributed by atoms with E-state index in [9.17, 15) is 14.7 Å². The fraction of sp³-hybridized carbons (Fsp3) is 0.800. The van der Waals surface area contributed by atoms with Gasteiger partial charge in [0, 0.05) is 0 Å². The molecule has 0 aliphatic rings. The standard InChI is InChI=1S/C10H20N2O4/c1-9(2,3)16-8(14)12-6(7(11)13)10(4,5)15/h6,15H,1-5H3,(H2,11,13)(H,12,14)/t6-/m0/s1. The summed E-state index contributed by atoms with van der Waals surface area (Å²) in [6.45, 7) is 7.82. The molecule has 0 saturated carbocycles. The average Bonchev–Trinajstić information content (AvgIpc) is 1.93. The number of alkyl carbamates (subject to hydrolysis) is 1. The highest BCUT2D eigenvalue weighted by Crippen LogP contribution is 2.11. The van der Waals surface area contributed by atoms with Gasteiger partial charge >= 0.3 is 6.09 Å². The second kappa shape index (κ2) is 4.69. The van der Waals surface area contributed by atoms with Gasteiger partial charge in [0.25, 0.3) is 0 Å². The zero-order chi connectivity index (χ0) is 13.1. The summed E-state index contributed by atoms with van der Waals surface area (Å²) in [5.41, 5.74) is 2.95. The van der Waals surface area contributed by atoms with Gasteiger partial charge in [-0.25, -0.2) is 4.79 Å². The van der Waals surface area contributed by atoms with Crippen LogP contribution in [-0.2, 0) is 9.53 Å². The van der Waals surface area contributed by atoms with Gasteiger partial charge in [-0.05, 0) is 34.6 Å². The molecular weight excluding hydrogens is 212 g/mol. The number of carbonyl (C=O) groups excluding carboxylic acids is 2. The van der Waals surface area contributed by atoms with Crippen LogP contribution in [0.15, 0.2) is 0 Å². The molecule has 2 amide bonds. The first-order chi connectivity index (χ1) is 6.93. The number of amides is 2. The van der Waals surface area contributed by atoms with Crippen molar-refractivity contribution < 1.29 is 19.4 Å². The van der Waals surface area contributed by atoms with Crippen LogP contribution in [0.1, 0.15) is 34.6 Å². The Morgan fingerprint density at radius 1 is 1.25 bits per heavy atom. The van der Waals surface area contributed by atoms with Crippen molar-refractivity contribution in [3.8, 4) is 0 Å². The maximum Gasteiger partial charge on any atom is 0.408 e. The van der Waals surface area contributed by atoms with Crippen molar-refractivity contribution >= 4 is 12.0 Å². The monoisotopic (exact) mass is 232 g/mol. The van der Waals surface area contributed by atoms with Gasteiger partial charge in [0.2, 0.25) is 5.91 Å². The first-order valence-corrected chi connectivity index (χ1v) is 4.94. The molecule has 0 aliphatic carbocycles. The molecule has 0 aromatic rings. The molecule has 0 fully saturated rings. The van der Waals surface area contributed by atoms with E-state index in [1.54, 1.807) is 20.8 Å².